The van der Waals surface area contributed by atoms with Crippen LogP contribution < -0.4 is 0 Å². The number of benzene rings is 1. The van der Waals surface area contributed by atoms with Gasteiger partial charge < -0.3 is 4.74 Å². The maximum atomic E-state index is 11.5. The van der Waals surface area contributed by atoms with Crippen molar-refractivity contribution in [3.63, 3.8) is 0 Å². The summed E-state index contributed by atoms with van der Waals surface area (Å²) in [4.78, 5) is 11.5. The Kier molecular flexibility index (Phi) is 5.03. The molecular formula is C14H20O2. The van der Waals surface area contributed by atoms with E-state index in [1.54, 1.807) is 0 Å². The van der Waals surface area contributed by atoms with Crippen LogP contribution in [0.5, 0.6) is 0 Å². The van der Waals surface area contributed by atoms with E-state index in [9.17, 15) is 4.79 Å². The summed E-state index contributed by atoms with van der Waals surface area (Å²) in [6.45, 7) is 6.12. The monoisotopic (exact) mass is 220 g/mol. The fraction of sp³-hybridized carbons (Fsp3) is 0.500. The van der Waals surface area contributed by atoms with Gasteiger partial charge in [0.25, 0.3) is 0 Å². The number of ether oxygens (including phenoxy) is 1. The summed E-state index contributed by atoms with van der Waals surface area (Å²) in [5, 5.41) is 0. The van der Waals surface area contributed by atoms with E-state index in [0.29, 0.717) is 12.3 Å². The van der Waals surface area contributed by atoms with Crippen molar-refractivity contribution in [1.82, 2.24) is 0 Å². The first-order chi connectivity index (χ1) is 7.59. The van der Waals surface area contributed by atoms with E-state index in [1.807, 2.05) is 37.3 Å². The maximum Gasteiger partial charge on any atom is 0.306 e. The second kappa shape index (κ2) is 6.31. The molecule has 16 heavy (non-hydrogen) atoms. The normalized spacial score (nSPS) is 12.5. The van der Waals surface area contributed by atoms with E-state index in [2.05, 4.69) is 13.8 Å². The Labute approximate surface area is 97.6 Å². The predicted octanol–water partition coefficient (Wildman–Crippen LogP) is 3.73. The first-order valence-corrected chi connectivity index (χ1v) is 5.84. The summed E-state index contributed by atoms with van der Waals surface area (Å²) in [5.41, 5.74) is 1.04. The summed E-state index contributed by atoms with van der Waals surface area (Å²) in [7, 11) is 0. The highest BCUT2D eigenvalue weighted by Crippen LogP contribution is 2.17. The van der Waals surface area contributed by atoms with Crippen LogP contribution in [0.15, 0.2) is 30.3 Å². The Hall–Kier alpha value is -1.31. The molecule has 1 unspecified atom stereocenters. The molecule has 0 aliphatic heterocycles. The highest BCUT2D eigenvalue weighted by Gasteiger charge is 2.11. The number of hydrogen-bond acceptors (Lipinski definition) is 2. The molecule has 2 nitrogen and oxygen atoms in total. The fourth-order valence-corrected chi connectivity index (χ4v) is 1.45. The summed E-state index contributed by atoms with van der Waals surface area (Å²) in [6, 6.07) is 9.80. The van der Waals surface area contributed by atoms with Crippen LogP contribution in [0.25, 0.3) is 0 Å². The molecule has 0 N–H and O–H groups in total. The third-order valence-electron chi connectivity index (χ3n) is 2.50. The second-order valence-corrected chi connectivity index (χ2v) is 4.48. The molecule has 0 spiro atoms. The smallest absolute Gasteiger partial charge is 0.306 e. The van der Waals surface area contributed by atoms with Crippen molar-refractivity contribution in [3.05, 3.63) is 35.9 Å². The van der Waals surface area contributed by atoms with Gasteiger partial charge in [-0.05, 0) is 24.8 Å². The number of hydrogen-bond donors (Lipinski definition) is 0. The molecule has 0 aliphatic carbocycles. The highest BCUT2D eigenvalue weighted by atomic mass is 16.5. The number of carbonyl (C=O) groups is 1. The molecule has 1 rings (SSSR count). The van der Waals surface area contributed by atoms with Crippen LogP contribution in [-0.2, 0) is 9.53 Å². The average Bonchev–Trinajstić information content (AvgIpc) is 2.27. The van der Waals surface area contributed by atoms with Gasteiger partial charge in [0.1, 0.15) is 6.10 Å². The maximum absolute atomic E-state index is 11.5. The largest absolute Gasteiger partial charge is 0.458 e. The quantitative estimate of drug-likeness (QED) is 0.707. The molecule has 0 heterocycles. The zero-order chi connectivity index (χ0) is 12.0. The van der Waals surface area contributed by atoms with E-state index in [0.717, 1.165) is 12.0 Å². The van der Waals surface area contributed by atoms with Crippen molar-refractivity contribution >= 4 is 5.97 Å². The van der Waals surface area contributed by atoms with Crippen molar-refractivity contribution in [1.29, 1.82) is 0 Å². The van der Waals surface area contributed by atoms with Crippen LogP contribution >= 0.6 is 0 Å². The number of carbonyl (C=O) groups excluding carboxylic acids is 1. The van der Waals surface area contributed by atoms with Gasteiger partial charge >= 0.3 is 5.97 Å². The minimum atomic E-state index is -0.152. The van der Waals surface area contributed by atoms with Gasteiger partial charge in [0.05, 0.1) is 0 Å². The first kappa shape index (κ1) is 12.8. The zero-order valence-corrected chi connectivity index (χ0v) is 10.3. The molecule has 0 saturated heterocycles. The highest BCUT2D eigenvalue weighted by molar-refractivity contribution is 5.69. The van der Waals surface area contributed by atoms with Crippen molar-refractivity contribution in [2.24, 2.45) is 5.92 Å². The van der Waals surface area contributed by atoms with Gasteiger partial charge in [0.2, 0.25) is 0 Å². The Balaban J connectivity index is 2.40. The first-order valence-electron chi connectivity index (χ1n) is 5.84. The second-order valence-electron chi connectivity index (χ2n) is 4.48. The van der Waals surface area contributed by atoms with E-state index in [-0.39, 0.29) is 12.1 Å². The van der Waals surface area contributed by atoms with Crippen LogP contribution in [-0.4, -0.2) is 5.97 Å². The predicted molar refractivity (Wildman–Crippen MR) is 65.0 cm³/mol. The fourth-order valence-electron chi connectivity index (χ4n) is 1.45. The van der Waals surface area contributed by atoms with Gasteiger partial charge in [-0.1, -0.05) is 44.2 Å². The molecule has 1 aromatic rings. The van der Waals surface area contributed by atoms with Crippen LogP contribution in [0.3, 0.4) is 0 Å². The lowest BCUT2D eigenvalue weighted by molar-refractivity contribution is -0.148. The summed E-state index contributed by atoms with van der Waals surface area (Å²) in [5.74, 6) is 0.435. The summed E-state index contributed by atoms with van der Waals surface area (Å²) >= 11 is 0. The van der Waals surface area contributed by atoms with E-state index in [4.69, 9.17) is 4.74 Å². The lowest BCUT2D eigenvalue weighted by Gasteiger charge is -2.13. The Morgan fingerprint density at radius 2 is 1.81 bits per heavy atom. The lowest BCUT2D eigenvalue weighted by atomic mass is 10.1. The Morgan fingerprint density at radius 3 is 2.38 bits per heavy atom. The molecule has 0 aliphatic rings. The number of esters is 1. The van der Waals surface area contributed by atoms with Crippen LogP contribution in [0.2, 0.25) is 0 Å². The molecule has 0 saturated carbocycles. The van der Waals surface area contributed by atoms with Crippen molar-refractivity contribution in [2.45, 2.75) is 39.7 Å². The molecule has 1 aromatic carbocycles. The third-order valence-corrected chi connectivity index (χ3v) is 2.50. The van der Waals surface area contributed by atoms with Gasteiger partial charge in [-0.25, -0.2) is 0 Å². The molecule has 0 bridgehead atoms. The average molecular weight is 220 g/mol. The van der Waals surface area contributed by atoms with E-state index < -0.39 is 0 Å². The van der Waals surface area contributed by atoms with Crippen LogP contribution in [0.1, 0.15) is 45.3 Å². The van der Waals surface area contributed by atoms with Gasteiger partial charge in [0.15, 0.2) is 0 Å². The van der Waals surface area contributed by atoms with E-state index in [1.165, 1.54) is 0 Å². The van der Waals surface area contributed by atoms with Crippen LogP contribution in [0.4, 0.5) is 0 Å². The number of rotatable bonds is 5. The molecule has 0 amide bonds. The van der Waals surface area contributed by atoms with E-state index >= 15 is 0 Å². The molecule has 2 heteroatoms. The SMILES string of the molecule is CC(C)CCC(=O)OC(C)c1ccccc1. The zero-order valence-electron chi connectivity index (χ0n) is 10.3. The summed E-state index contributed by atoms with van der Waals surface area (Å²) in [6.07, 6.45) is 1.25. The summed E-state index contributed by atoms with van der Waals surface area (Å²) < 4.78 is 5.35. The molecule has 1 atom stereocenters. The third kappa shape index (κ3) is 4.47. The van der Waals surface area contributed by atoms with Crippen molar-refractivity contribution in [2.75, 3.05) is 0 Å². The van der Waals surface area contributed by atoms with Crippen molar-refractivity contribution in [3.8, 4) is 0 Å². The van der Waals surface area contributed by atoms with Gasteiger partial charge in [-0.2, -0.15) is 0 Å². The molecule has 0 radical (unpaired) electrons. The van der Waals surface area contributed by atoms with Gasteiger partial charge in [-0.15, -0.1) is 0 Å². The molecule has 88 valence electrons. The minimum Gasteiger partial charge on any atom is -0.458 e. The topological polar surface area (TPSA) is 26.3 Å². The molecule has 0 fully saturated rings. The van der Waals surface area contributed by atoms with Gasteiger partial charge in [-0.3, -0.25) is 4.79 Å². The molecular weight excluding hydrogens is 200 g/mol. The standard InChI is InChI=1S/C14H20O2/c1-11(2)9-10-14(15)16-12(3)13-7-5-4-6-8-13/h4-8,11-12H,9-10H2,1-3H3. The minimum absolute atomic E-state index is 0.106. The lowest BCUT2D eigenvalue weighted by Crippen LogP contribution is -2.09. The molecule has 0 aromatic heterocycles. The van der Waals surface area contributed by atoms with Gasteiger partial charge in [0, 0.05) is 6.42 Å². The Bertz CT molecular complexity index is 317. The van der Waals surface area contributed by atoms with Crippen molar-refractivity contribution < 1.29 is 9.53 Å². The van der Waals surface area contributed by atoms with Crippen LogP contribution in [0, 0.1) is 5.92 Å². The Morgan fingerprint density at radius 1 is 1.19 bits per heavy atom.